The van der Waals surface area contributed by atoms with Gasteiger partial charge in [0.1, 0.15) is 0 Å². The van der Waals surface area contributed by atoms with E-state index in [1.54, 1.807) is 6.42 Å². The smallest absolute Gasteiger partial charge is 0.0223 e. The minimum absolute atomic E-state index is 0.853. The zero-order valence-electron chi connectivity index (χ0n) is 15.5. The molecule has 2 saturated carbocycles. The van der Waals surface area contributed by atoms with Crippen LogP contribution in [0.25, 0.3) is 0 Å². The van der Waals surface area contributed by atoms with Gasteiger partial charge in [0.15, 0.2) is 0 Å². The molecule has 136 valence electrons. The SMILES string of the molecule is ClCCCCCCC1CCC(CCCCCCC2CCCC2)C1. The second-order valence-corrected chi connectivity index (χ2v) is 8.96. The van der Waals surface area contributed by atoms with E-state index in [1.807, 2.05) is 0 Å². The van der Waals surface area contributed by atoms with Gasteiger partial charge in [0.05, 0.1) is 0 Å². The van der Waals surface area contributed by atoms with Crippen LogP contribution in [-0.2, 0) is 0 Å². The standard InChI is InChI=1S/C22H41Cl/c23-18-10-4-3-7-15-22-17-16-21(19-22)14-6-2-1-5-11-20-12-8-9-13-20/h20-22H,1-19H2. The van der Waals surface area contributed by atoms with Gasteiger partial charge in [0, 0.05) is 5.88 Å². The molecular weight excluding hydrogens is 300 g/mol. The molecule has 0 aliphatic heterocycles. The van der Waals surface area contributed by atoms with Gasteiger partial charge in [-0.3, -0.25) is 0 Å². The van der Waals surface area contributed by atoms with E-state index in [-0.39, 0.29) is 0 Å². The van der Waals surface area contributed by atoms with Crippen molar-refractivity contribution in [1.82, 2.24) is 0 Å². The van der Waals surface area contributed by atoms with Crippen LogP contribution in [0.3, 0.4) is 0 Å². The first-order valence-corrected chi connectivity index (χ1v) is 11.5. The molecule has 2 rings (SSSR count). The molecular formula is C22H41Cl. The molecule has 0 spiro atoms. The van der Waals surface area contributed by atoms with E-state index >= 15 is 0 Å². The molecule has 23 heavy (non-hydrogen) atoms. The van der Waals surface area contributed by atoms with Gasteiger partial charge < -0.3 is 0 Å². The van der Waals surface area contributed by atoms with Crippen LogP contribution in [-0.4, -0.2) is 5.88 Å². The van der Waals surface area contributed by atoms with Crippen LogP contribution in [0.2, 0.25) is 0 Å². The van der Waals surface area contributed by atoms with E-state index in [2.05, 4.69) is 0 Å². The zero-order valence-corrected chi connectivity index (χ0v) is 16.3. The maximum atomic E-state index is 5.74. The molecule has 0 N–H and O–H groups in total. The number of halogens is 1. The van der Waals surface area contributed by atoms with Gasteiger partial charge >= 0.3 is 0 Å². The third kappa shape index (κ3) is 8.80. The quantitative estimate of drug-likeness (QED) is 0.234. The Hall–Kier alpha value is 0.290. The summed E-state index contributed by atoms with van der Waals surface area (Å²) in [6, 6.07) is 0. The van der Waals surface area contributed by atoms with E-state index in [0.29, 0.717) is 0 Å². The van der Waals surface area contributed by atoms with Gasteiger partial charge in [-0.05, 0) is 30.6 Å². The van der Waals surface area contributed by atoms with Crippen LogP contribution in [0.15, 0.2) is 0 Å². The average Bonchev–Trinajstić information content (AvgIpc) is 3.22. The maximum Gasteiger partial charge on any atom is 0.0223 e. The van der Waals surface area contributed by atoms with E-state index in [4.69, 9.17) is 11.6 Å². The summed E-state index contributed by atoms with van der Waals surface area (Å²) in [6.07, 6.45) is 26.8. The van der Waals surface area contributed by atoms with Gasteiger partial charge in [0.25, 0.3) is 0 Å². The molecule has 0 radical (unpaired) electrons. The number of alkyl halides is 1. The Kier molecular flexibility index (Phi) is 10.8. The van der Waals surface area contributed by atoms with Crippen molar-refractivity contribution in [2.75, 3.05) is 5.88 Å². The van der Waals surface area contributed by atoms with Gasteiger partial charge in [-0.15, -0.1) is 11.6 Å². The minimum Gasteiger partial charge on any atom is -0.127 e. The monoisotopic (exact) mass is 340 g/mol. The summed E-state index contributed by atoms with van der Waals surface area (Å²) in [6.45, 7) is 0. The minimum atomic E-state index is 0.853. The molecule has 2 aliphatic rings. The Morgan fingerprint density at radius 2 is 1.00 bits per heavy atom. The molecule has 0 aromatic heterocycles. The van der Waals surface area contributed by atoms with Crippen molar-refractivity contribution in [2.45, 2.75) is 116 Å². The van der Waals surface area contributed by atoms with E-state index < -0.39 is 0 Å². The maximum absolute atomic E-state index is 5.74. The van der Waals surface area contributed by atoms with Crippen molar-refractivity contribution in [1.29, 1.82) is 0 Å². The van der Waals surface area contributed by atoms with Crippen LogP contribution in [0.5, 0.6) is 0 Å². The lowest BCUT2D eigenvalue weighted by atomic mass is 9.94. The molecule has 1 heteroatoms. The summed E-state index contributed by atoms with van der Waals surface area (Å²) in [4.78, 5) is 0. The first-order chi connectivity index (χ1) is 11.4. The van der Waals surface area contributed by atoms with Gasteiger partial charge in [-0.25, -0.2) is 0 Å². The molecule has 2 aliphatic carbocycles. The largest absolute Gasteiger partial charge is 0.127 e. The Labute approximate surface area is 151 Å². The second kappa shape index (κ2) is 12.6. The predicted molar refractivity (Wildman–Crippen MR) is 104 cm³/mol. The molecule has 0 bridgehead atoms. The van der Waals surface area contributed by atoms with Gasteiger partial charge in [-0.1, -0.05) is 103 Å². The van der Waals surface area contributed by atoms with Crippen LogP contribution in [0.4, 0.5) is 0 Å². The van der Waals surface area contributed by atoms with Crippen molar-refractivity contribution in [3.63, 3.8) is 0 Å². The highest BCUT2D eigenvalue weighted by Gasteiger charge is 2.23. The van der Waals surface area contributed by atoms with Gasteiger partial charge in [-0.2, -0.15) is 0 Å². The van der Waals surface area contributed by atoms with Crippen molar-refractivity contribution >= 4 is 11.6 Å². The topological polar surface area (TPSA) is 0 Å². The Balaban J connectivity index is 1.37. The predicted octanol–water partition coefficient (Wildman–Crippen LogP) is 8.12. The van der Waals surface area contributed by atoms with Crippen molar-refractivity contribution in [2.24, 2.45) is 17.8 Å². The highest BCUT2D eigenvalue weighted by molar-refractivity contribution is 6.17. The lowest BCUT2D eigenvalue weighted by Crippen LogP contribution is -1.98. The Bertz CT molecular complexity index is 269. The first-order valence-electron chi connectivity index (χ1n) is 10.9. The first kappa shape index (κ1) is 19.6. The molecule has 0 amide bonds. The molecule has 0 aromatic carbocycles. The fourth-order valence-corrected chi connectivity index (χ4v) is 5.29. The highest BCUT2D eigenvalue weighted by atomic mass is 35.5. The number of hydrogen-bond acceptors (Lipinski definition) is 0. The highest BCUT2D eigenvalue weighted by Crippen LogP contribution is 2.37. The summed E-state index contributed by atoms with van der Waals surface area (Å²) in [5, 5.41) is 0. The molecule has 2 atom stereocenters. The number of hydrogen-bond donors (Lipinski definition) is 0. The molecule has 0 saturated heterocycles. The van der Waals surface area contributed by atoms with Crippen molar-refractivity contribution in [3.05, 3.63) is 0 Å². The summed E-state index contributed by atoms with van der Waals surface area (Å²) >= 11 is 5.74. The molecule has 2 unspecified atom stereocenters. The van der Waals surface area contributed by atoms with Crippen LogP contribution in [0, 0.1) is 17.8 Å². The molecule has 0 aromatic rings. The zero-order chi connectivity index (χ0) is 16.2. The van der Waals surface area contributed by atoms with Crippen LogP contribution >= 0.6 is 11.6 Å². The lowest BCUT2D eigenvalue weighted by molar-refractivity contribution is 0.410. The fraction of sp³-hybridized carbons (Fsp3) is 1.00. The summed E-state index contributed by atoms with van der Waals surface area (Å²) < 4.78 is 0. The molecule has 0 nitrogen and oxygen atoms in total. The summed E-state index contributed by atoms with van der Waals surface area (Å²) in [5.41, 5.74) is 0. The van der Waals surface area contributed by atoms with E-state index in [0.717, 1.165) is 23.6 Å². The second-order valence-electron chi connectivity index (χ2n) is 8.58. The lowest BCUT2D eigenvalue weighted by Gasteiger charge is -2.12. The average molecular weight is 341 g/mol. The van der Waals surface area contributed by atoms with Crippen LogP contribution in [0.1, 0.15) is 116 Å². The summed E-state index contributed by atoms with van der Waals surface area (Å²) in [7, 11) is 0. The number of rotatable bonds is 13. The van der Waals surface area contributed by atoms with E-state index in [9.17, 15) is 0 Å². The Morgan fingerprint density at radius 1 is 0.522 bits per heavy atom. The van der Waals surface area contributed by atoms with Gasteiger partial charge in [0.2, 0.25) is 0 Å². The fourth-order valence-electron chi connectivity index (χ4n) is 5.10. The van der Waals surface area contributed by atoms with Crippen molar-refractivity contribution < 1.29 is 0 Å². The normalized spacial score (nSPS) is 25.4. The van der Waals surface area contributed by atoms with Crippen LogP contribution < -0.4 is 0 Å². The third-order valence-electron chi connectivity index (χ3n) is 6.60. The van der Waals surface area contributed by atoms with E-state index in [1.165, 1.54) is 109 Å². The molecule has 2 fully saturated rings. The van der Waals surface area contributed by atoms with Crippen molar-refractivity contribution in [3.8, 4) is 0 Å². The number of unbranched alkanes of at least 4 members (excludes halogenated alkanes) is 6. The Morgan fingerprint density at radius 3 is 1.52 bits per heavy atom. The summed E-state index contributed by atoms with van der Waals surface area (Å²) in [5.74, 6) is 4.11. The molecule has 0 heterocycles. The third-order valence-corrected chi connectivity index (χ3v) is 6.86.